The molecule has 0 saturated carbocycles. The minimum absolute atomic E-state index is 0.00665. The van der Waals surface area contributed by atoms with Gasteiger partial charge in [0.15, 0.2) is 11.5 Å². The second kappa shape index (κ2) is 8.65. The Labute approximate surface area is 182 Å². The van der Waals surface area contributed by atoms with Gasteiger partial charge in [-0.25, -0.2) is 4.79 Å². The molecule has 0 aliphatic carbocycles. The molecular weight excluding hydrogens is 450 g/mol. The lowest BCUT2D eigenvalue weighted by Crippen LogP contribution is -2.44. The van der Waals surface area contributed by atoms with E-state index in [0.717, 1.165) is 29.4 Å². The zero-order chi connectivity index (χ0) is 21.3. The number of nitrogens with zero attached hydrogens (tertiary/aromatic N) is 2. The first-order valence-corrected chi connectivity index (χ1v) is 10.7. The van der Waals surface area contributed by atoms with Crippen molar-refractivity contribution in [1.82, 2.24) is 14.5 Å². The van der Waals surface area contributed by atoms with Gasteiger partial charge in [0, 0.05) is 11.0 Å². The predicted molar refractivity (Wildman–Crippen MR) is 120 cm³/mol. The molecule has 0 spiro atoms. The Balaban J connectivity index is 1.89. The summed E-state index contributed by atoms with van der Waals surface area (Å²) in [6.07, 6.45) is 1.89. The van der Waals surface area contributed by atoms with Crippen LogP contribution in [0.15, 0.2) is 50.5 Å². The van der Waals surface area contributed by atoms with Gasteiger partial charge in [-0.2, -0.15) is 0 Å². The number of piperidine rings is 1. The van der Waals surface area contributed by atoms with E-state index in [2.05, 4.69) is 21.2 Å². The Hall–Kier alpha value is -2.58. The molecule has 1 unspecified atom stereocenters. The van der Waals surface area contributed by atoms with Crippen LogP contribution < -0.4 is 26.0 Å². The van der Waals surface area contributed by atoms with E-state index in [1.54, 1.807) is 37.0 Å². The second-order valence-electron chi connectivity index (χ2n) is 7.39. The molecule has 1 atom stereocenters. The maximum atomic E-state index is 13.5. The van der Waals surface area contributed by atoms with E-state index in [-0.39, 0.29) is 23.8 Å². The van der Waals surface area contributed by atoms with Gasteiger partial charge in [-0.15, -0.1) is 0 Å². The molecule has 1 aliphatic heterocycles. The number of methoxy groups -OCH3 is 2. The maximum Gasteiger partial charge on any atom is 0.332 e. The summed E-state index contributed by atoms with van der Waals surface area (Å²) in [6.45, 7) is 1.81. The Bertz CT molecular complexity index is 1200. The Morgan fingerprint density at radius 3 is 2.60 bits per heavy atom. The molecule has 1 fully saturated rings. The van der Waals surface area contributed by atoms with Gasteiger partial charge in [0.2, 0.25) is 0 Å². The van der Waals surface area contributed by atoms with Crippen molar-refractivity contribution in [3.63, 3.8) is 0 Å². The number of aromatic nitrogens is 2. The van der Waals surface area contributed by atoms with Crippen LogP contribution in [0, 0.1) is 0 Å². The molecule has 158 valence electrons. The van der Waals surface area contributed by atoms with Crippen LogP contribution in [-0.4, -0.2) is 36.4 Å². The lowest BCUT2D eigenvalue weighted by Gasteiger charge is -2.27. The van der Waals surface area contributed by atoms with Crippen LogP contribution in [-0.2, 0) is 6.54 Å². The van der Waals surface area contributed by atoms with Crippen molar-refractivity contribution in [2.45, 2.75) is 25.4 Å². The van der Waals surface area contributed by atoms with Gasteiger partial charge in [0.05, 0.1) is 37.7 Å². The Kier molecular flexibility index (Phi) is 5.97. The van der Waals surface area contributed by atoms with Crippen LogP contribution in [0.2, 0.25) is 0 Å². The molecule has 8 heteroatoms. The fourth-order valence-electron chi connectivity index (χ4n) is 4.06. The van der Waals surface area contributed by atoms with E-state index in [0.29, 0.717) is 28.9 Å². The first kappa shape index (κ1) is 20.7. The quantitative estimate of drug-likeness (QED) is 0.616. The van der Waals surface area contributed by atoms with E-state index in [4.69, 9.17) is 9.47 Å². The van der Waals surface area contributed by atoms with Crippen LogP contribution in [0.4, 0.5) is 0 Å². The van der Waals surface area contributed by atoms with Crippen LogP contribution in [0.1, 0.15) is 24.4 Å². The third-order valence-corrected chi connectivity index (χ3v) is 6.05. The minimum Gasteiger partial charge on any atom is -0.493 e. The van der Waals surface area contributed by atoms with Crippen LogP contribution in [0.25, 0.3) is 10.9 Å². The summed E-state index contributed by atoms with van der Waals surface area (Å²) < 4.78 is 14.5. The highest BCUT2D eigenvalue weighted by molar-refractivity contribution is 9.10. The van der Waals surface area contributed by atoms with Crippen LogP contribution >= 0.6 is 15.9 Å². The molecule has 0 radical (unpaired) electrons. The number of halogens is 1. The molecule has 7 nitrogen and oxygen atoms in total. The summed E-state index contributed by atoms with van der Waals surface area (Å²) in [5.74, 6) is 1.16. The van der Waals surface area contributed by atoms with Gasteiger partial charge in [-0.1, -0.05) is 22.0 Å². The summed E-state index contributed by atoms with van der Waals surface area (Å²) in [5.41, 5.74) is 0.865. The molecule has 2 heterocycles. The topological polar surface area (TPSA) is 74.5 Å². The highest BCUT2D eigenvalue weighted by Crippen LogP contribution is 2.28. The van der Waals surface area contributed by atoms with Gasteiger partial charge in [0.25, 0.3) is 5.56 Å². The average molecular weight is 474 g/mol. The third-order valence-electron chi connectivity index (χ3n) is 5.56. The normalized spacial score (nSPS) is 16.6. The van der Waals surface area contributed by atoms with E-state index in [9.17, 15) is 9.59 Å². The third kappa shape index (κ3) is 3.77. The summed E-state index contributed by atoms with van der Waals surface area (Å²) in [7, 11) is 3.13. The van der Waals surface area contributed by atoms with Crippen molar-refractivity contribution in [2.24, 2.45) is 0 Å². The van der Waals surface area contributed by atoms with Crippen molar-refractivity contribution in [1.29, 1.82) is 0 Å². The lowest BCUT2D eigenvalue weighted by molar-refractivity contribution is 0.354. The number of benzene rings is 2. The maximum absolute atomic E-state index is 13.5. The smallest absolute Gasteiger partial charge is 0.332 e. The molecule has 3 aromatic rings. The fourth-order valence-corrected chi connectivity index (χ4v) is 4.42. The summed E-state index contributed by atoms with van der Waals surface area (Å²) in [5, 5.41) is 3.88. The molecule has 1 aromatic heterocycles. The molecular formula is C22H24BrN3O4. The largest absolute Gasteiger partial charge is 0.493 e. The lowest BCUT2D eigenvalue weighted by atomic mass is 10.1. The minimum atomic E-state index is -0.300. The van der Waals surface area contributed by atoms with Gasteiger partial charge < -0.3 is 14.8 Å². The average Bonchev–Trinajstić information content (AvgIpc) is 2.77. The first-order chi connectivity index (χ1) is 14.5. The van der Waals surface area contributed by atoms with Crippen molar-refractivity contribution in [3.8, 4) is 11.5 Å². The molecule has 0 amide bonds. The summed E-state index contributed by atoms with van der Waals surface area (Å²) in [4.78, 5) is 26.8. The van der Waals surface area contributed by atoms with E-state index in [1.165, 1.54) is 4.57 Å². The van der Waals surface area contributed by atoms with Gasteiger partial charge in [-0.3, -0.25) is 13.9 Å². The Morgan fingerprint density at radius 2 is 1.90 bits per heavy atom. The molecule has 1 saturated heterocycles. The SMILES string of the molecule is COc1ccc(Cn2c(=O)c3cc(Br)ccc3n(C3CCCNC3)c2=O)cc1OC. The standard InChI is InChI=1S/C22H24BrN3O4/c1-29-19-8-5-14(10-20(19)30-2)13-25-21(27)17-11-15(23)6-7-18(17)26(22(25)28)16-4-3-9-24-12-16/h5-8,10-11,16,24H,3-4,9,12-13H2,1-2H3. The predicted octanol–water partition coefficient (Wildman–Crippen LogP) is 2.92. The van der Waals surface area contributed by atoms with Crippen LogP contribution in [0.3, 0.4) is 0 Å². The van der Waals surface area contributed by atoms with Crippen molar-refractivity contribution in [3.05, 3.63) is 67.3 Å². The summed E-state index contributed by atoms with van der Waals surface area (Å²) >= 11 is 3.45. The molecule has 1 N–H and O–H groups in total. The fraction of sp³-hybridized carbons (Fsp3) is 0.364. The van der Waals surface area contributed by atoms with E-state index >= 15 is 0 Å². The number of ether oxygens (including phenoxy) is 2. The molecule has 2 aromatic carbocycles. The van der Waals surface area contributed by atoms with E-state index < -0.39 is 0 Å². The number of hydrogen-bond donors (Lipinski definition) is 1. The van der Waals surface area contributed by atoms with Gasteiger partial charge in [0.1, 0.15) is 0 Å². The molecule has 30 heavy (non-hydrogen) atoms. The van der Waals surface area contributed by atoms with Crippen molar-refractivity contribution in [2.75, 3.05) is 27.3 Å². The van der Waals surface area contributed by atoms with Crippen molar-refractivity contribution >= 4 is 26.8 Å². The van der Waals surface area contributed by atoms with Gasteiger partial charge >= 0.3 is 5.69 Å². The number of hydrogen-bond acceptors (Lipinski definition) is 5. The Morgan fingerprint density at radius 1 is 1.10 bits per heavy atom. The summed E-state index contributed by atoms with van der Waals surface area (Å²) in [6, 6.07) is 10.9. The zero-order valence-electron chi connectivity index (χ0n) is 17.0. The van der Waals surface area contributed by atoms with E-state index in [1.807, 2.05) is 18.2 Å². The van der Waals surface area contributed by atoms with Crippen LogP contribution in [0.5, 0.6) is 11.5 Å². The van der Waals surface area contributed by atoms with Crippen molar-refractivity contribution < 1.29 is 9.47 Å². The first-order valence-electron chi connectivity index (χ1n) is 9.89. The number of rotatable bonds is 5. The second-order valence-corrected chi connectivity index (χ2v) is 8.31. The zero-order valence-corrected chi connectivity index (χ0v) is 18.6. The monoisotopic (exact) mass is 473 g/mol. The molecule has 1 aliphatic rings. The highest BCUT2D eigenvalue weighted by atomic mass is 79.9. The molecule has 4 rings (SSSR count). The number of fused-ring (bicyclic) bond motifs is 1. The van der Waals surface area contributed by atoms with Gasteiger partial charge in [-0.05, 0) is 55.3 Å². The highest BCUT2D eigenvalue weighted by Gasteiger charge is 2.22. The number of nitrogens with one attached hydrogen (secondary N) is 1. The molecule has 0 bridgehead atoms.